The number of hydrogen-bond acceptors (Lipinski definition) is 3. The van der Waals surface area contributed by atoms with Crippen LogP contribution in [0.4, 0.5) is 4.79 Å². The van der Waals surface area contributed by atoms with Gasteiger partial charge in [0.15, 0.2) is 0 Å². The SMILES string of the molecule is CC1NC(=O)NC(=O)C1CN1CCCC1. The van der Waals surface area contributed by atoms with E-state index in [0.29, 0.717) is 0 Å². The maximum atomic E-state index is 11.6. The zero-order valence-electron chi connectivity index (χ0n) is 8.95. The van der Waals surface area contributed by atoms with E-state index < -0.39 is 0 Å². The molecule has 3 amide bonds. The highest BCUT2D eigenvalue weighted by molar-refractivity contribution is 5.98. The summed E-state index contributed by atoms with van der Waals surface area (Å²) in [4.78, 5) is 24.9. The molecular weight excluding hydrogens is 194 g/mol. The van der Waals surface area contributed by atoms with Crippen LogP contribution in [0, 0.1) is 5.92 Å². The van der Waals surface area contributed by atoms with Gasteiger partial charge in [-0.1, -0.05) is 0 Å². The van der Waals surface area contributed by atoms with Crippen molar-refractivity contribution in [2.75, 3.05) is 19.6 Å². The molecule has 2 unspecified atom stereocenters. The second kappa shape index (κ2) is 4.18. The highest BCUT2D eigenvalue weighted by atomic mass is 16.2. The predicted molar refractivity (Wildman–Crippen MR) is 55.3 cm³/mol. The summed E-state index contributed by atoms with van der Waals surface area (Å²) in [6, 6.07) is -0.433. The first-order valence-electron chi connectivity index (χ1n) is 5.50. The third-order valence-electron chi connectivity index (χ3n) is 3.19. The molecule has 0 aromatic carbocycles. The van der Waals surface area contributed by atoms with Crippen molar-refractivity contribution in [1.82, 2.24) is 15.5 Å². The lowest BCUT2D eigenvalue weighted by Gasteiger charge is -2.31. The van der Waals surface area contributed by atoms with Crippen molar-refractivity contribution in [1.29, 1.82) is 0 Å². The van der Waals surface area contributed by atoms with Gasteiger partial charge < -0.3 is 10.2 Å². The number of hydrogen-bond donors (Lipinski definition) is 2. The minimum atomic E-state index is -0.370. The second-order valence-corrected chi connectivity index (χ2v) is 4.37. The molecule has 0 radical (unpaired) electrons. The van der Waals surface area contributed by atoms with E-state index in [1.54, 1.807) is 0 Å². The van der Waals surface area contributed by atoms with Gasteiger partial charge in [0.1, 0.15) is 0 Å². The molecular formula is C10H17N3O2. The maximum Gasteiger partial charge on any atom is 0.321 e. The monoisotopic (exact) mass is 211 g/mol. The Morgan fingerprint density at radius 3 is 2.60 bits per heavy atom. The molecule has 2 saturated heterocycles. The third-order valence-corrected chi connectivity index (χ3v) is 3.19. The Bertz CT molecular complexity index is 274. The molecule has 2 N–H and O–H groups in total. The minimum Gasteiger partial charge on any atom is -0.334 e. The van der Waals surface area contributed by atoms with E-state index in [1.165, 1.54) is 12.8 Å². The fraction of sp³-hybridized carbons (Fsp3) is 0.800. The molecule has 2 heterocycles. The normalized spacial score (nSPS) is 32.6. The van der Waals surface area contributed by atoms with Crippen LogP contribution in [-0.4, -0.2) is 42.5 Å². The Morgan fingerprint density at radius 2 is 2.00 bits per heavy atom. The highest BCUT2D eigenvalue weighted by Gasteiger charge is 2.34. The van der Waals surface area contributed by atoms with Gasteiger partial charge in [-0.3, -0.25) is 10.1 Å². The van der Waals surface area contributed by atoms with Crippen molar-refractivity contribution >= 4 is 11.9 Å². The molecule has 5 nitrogen and oxygen atoms in total. The van der Waals surface area contributed by atoms with Gasteiger partial charge in [-0.2, -0.15) is 0 Å². The van der Waals surface area contributed by atoms with Crippen LogP contribution in [0.25, 0.3) is 0 Å². The third kappa shape index (κ3) is 2.28. The molecule has 5 heteroatoms. The van der Waals surface area contributed by atoms with Crippen LogP contribution in [0.2, 0.25) is 0 Å². The summed E-state index contributed by atoms with van der Waals surface area (Å²) in [6.45, 7) is 4.79. The zero-order valence-corrected chi connectivity index (χ0v) is 8.95. The van der Waals surface area contributed by atoms with Crippen molar-refractivity contribution in [2.24, 2.45) is 5.92 Å². The molecule has 0 spiro atoms. The van der Waals surface area contributed by atoms with E-state index in [0.717, 1.165) is 19.6 Å². The molecule has 2 aliphatic heterocycles. The van der Waals surface area contributed by atoms with Gasteiger partial charge in [-0.05, 0) is 32.9 Å². The summed E-state index contributed by atoms with van der Waals surface area (Å²) in [5.41, 5.74) is 0. The number of urea groups is 1. The Balaban J connectivity index is 1.94. The van der Waals surface area contributed by atoms with Gasteiger partial charge in [0.25, 0.3) is 0 Å². The van der Waals surface area contributed by atoms with Crippen LogP contribution in [0.15, 0.2) is 0 Å². The number of nitrogens with one attached hydrogen (secondary N) is 2. The van der Waals surface area contributed by atoms with Crippen LogP contribution in [0.5, 0.6) is 0 Å². The van der Waals surface area contributed by atoms with Crippen molar-refractivity contribution < 1.29 is 9.59 Å². The maximum absolute atomic E-state index is 11.6. The van der Waals surface area contributed by atoms with Gasteiger partial charge in [0, 0.05) is 12.6 Å². The Hall–Kier alpha value is -1.10. The molecule has 2 fully saturated rings. The number of nitrogens with zero attached hydrogens (tertiary/aromatic N) is 1. The molecule has 2 rings (SSSR count). The molecule has 0 aromatic heterocycles. The van der Waals surface area contributed by atoms with Crippen LogP contribution in [0.1, 0.15) is 19.8 Å². The summed E-state index contributed by atoms with van der Waals surface area (Å²) in [6.07, 6.45) is 2.43. The molecule has 15 heavy (non-hydrogen) atoms. The highest BCUT2D eigenvalue weighted by Crippen LogP contribution is 2.15. The average molecular weight is 211 g/mol. The minimum absolute atomic E-state index is 0.0631. The van der Waals surface area contributed by atoms with E-state index in [9.17, 15) is 9.59 Å². The lowest BCUT2D eigenvalue weighted by molar-refractivity contribution is -0.126. The van der Waals surface area contributed by atoms with Gasteiger partial charge >= 0.3 is 6.03 Å². The topological polar surface area (TPSA) is 61.4 Å². The lowest BCUT2D eigenvalue weighted by Crippen LogP contribution is -2.59. The van der Waals surface area contributed by atoms with Gasteiger partial charge in [-0.25, -0.2) is 4.79 Å². The van der Waals surface area contributed by atoms with Crippen LogP contribution < -0.4 is 10.6 Å². The average Bonchev–Trinajstić information content (AvgIpc) is 2.63. The zero-order chi connectivity index (χ0) is 10.8. The molecule has 84 valence electrons. The smallest absolute Gasteiger partial charge is 0.321 e. The van der Waals surface area contributed by atoms with E-state index in [1.807, 2.05) is 6.92 Å². The Kier molecular flexibility index (Phi) is 2.90. The van der Waals surface area contributed by atoms with Gasteiger partial charge in [-0.15, -0.1) is 0 Å². The van der Waals surface area contributed by atoms with Crippen molar-refractivity contribution in [3.05, 3.63) is 0 Å². The quantitative estimate of drug-likeness (QED) is 0.672. The summed E-state index contributed by atoms with van der Waals surface area (Å²) < 4.78 is 0. The van der Waals surface area contributed by atoms with Gasteiger partial charge in [0.2, 0.25) is 5.91 Å². The number of carbonyl (C=O) groups is 2. The summed E-state index contributed by atoms with van der Waals surface area (Å²) in [5.74, 6) is -0.251. The molecule has 0 bridgehead atoms. The van der Waals surface area contributed by atoms with E-state index >= 15 is 0 Å². The van der Waals surface area contributed by atoms with E-state index in [2.05, 4.69) is 15.5 Å². The number of imide groups is 1. The van der Waals surface area contributed by atoms with Crippen LogP contribution in [0.3, 0.4) is 0 Å². The van der Waals surface area contributed by atoms with Crippen molar-refractivity contribution in [3.8, 4) is 0 Å². The second-order valence-electron chi connectivity index (χ2n) is 4.37. The lowest BCUT2D eigenvalue weighted by atomic mass is 9.98. The van der Waals surface area contributed by atoms with Crippen molar-refractivity contribution in [2.45, 2.75) is 25.8 Å². The van der Waals surface area contributed by atoms with Gasteiger partial charge in [0.05, 0.1) is 5.92 Å². The first-order chi connectivity index (χ1) is 7.16. The van der Waals surface area contributed by atoms with Crippen LogP contribution in [-0.2, 0) is 4.79 Å². The fourth-order valence-electron chi connectivity index (χ4n) is 2.26. The number of amides is 3. The predicted octanol–water partition coefficient (Wildman–Crippen LogP) is -0.0737. The largest absolute Gasteiger partial charge is 0.334 e. The number of carbonyl (C=O) groups excluding carboxylic acids is 2. The first kappa shape index (κ1) is 10.4. The summed E-state index contributed by atoms with van der Waals surface area (Å²) in [7, 11) is 0. The van der Waals surface area contributed by atoms with E-state index in [4.69, 9.17) is 0 Å². The number of rotatable bonds is 2. The molecule has 0 aliphatic carbocycles. The molecule has 0 saturated carbocycles. The van der Waals surface area contributed by atoms with Crippen LogP contribution >= 0.6 is 0 Å². The number of likely N-dealkylation sites (tertiary alicyclic amines) is 1. The molecule has 2 atom stereocenters. The van der Waals surface area contributed by atoms with E-state index in [-0.39, 0.29) is 23.9 Å². The first-order valence-corrected chi connectivity index (χ1v) is 5.50. The summed E-state index contributed by atoms with van der Waals surface area (Å²) >= 11 is 0. The molecule has 0 aromatic rings. The summed E-state index contributed by atoms with van der Waals surface area (Å²) in [5, 5.41) is 5.05. The molecule has 2 aliphatic rings. The Morgan fingerprint density at radius 1 is 1.33 bits per heavy atom. The Labute approximate surface area is 89.2 Å². The van der Waals surface area contributed by atoms with Crippen molar-refractivity contribution in [3.63, 3.8) is 0 Å². The standard InChI is InChI=1S/C10H17N3O2/c1-7-8(6-13-4-2-3-5-13)9(14)12-10(15)11-7/h7-8H,2-6H2,1H3,(H2,11,12,14,15). The fourth-order valence-corrected chi connectivity index (χ4v) is 2.26.